The van der Waals surface area contributed by atoms with Crippen molar-refractivity contribution in [1.82, 2.24) is 4.98 Å². The van der Waals surface area contributed by atoms with Crippen LogP contribution in [-0.2, 0) is 4.79 Å². The van der Waals surface area contributed by atoms with Crippen LogP contribution in [0.25, 0.3) is 11.1 Å². The predicted octanol–water partition coefficient (Wildman–Crippen LogP) is 3.85. The largest absolute Gasteiger partial charge is 0.490 e. The zero-order chi connectivity index (χ0) is 24.8. The number of halogens is 1. The maximum atomic E-state index is 12.4. The normalized spacial score (nSPS) is 10.1. The summed E-state index contributed by atoms with van der Waals surface area (Å²) in [6, 6.07) is 14.2. The Bertz CT molecular complexity index is 1400. The molecule has 0 radical (unpaired) electrons. The van der Waals surface area contributed by atoms with Gasteiger partial charge in [-0.1, -0.05) is 18.2 Å². The minimum atomic E-state index is -0.712. The molecule has 0 saturated heterocycles. The van der Waals surface area contributed by atoms with E-state index in [1.54, 1.807) is 19.1 Å². The number of nitrogens with two attached hydrogens (primary N) is 1. The van der Waals surface area contributed by atoms with E-state index in [-0.39, 0.29) is 53.1 Å². The van der Waals surface area contributed by atoms with Crippen molar-refractivity contribution in [3.8, 4) is 34.8 Å². The fourth-order valence-electron chi connectivity index (χ4n) is 3.28. The van der Waals surface area contributed by atoms with Gasteiger partial charge in [0.05, 0.1) is 11.1 Å². The average Bonchev–Trinajstić information content (AvgIpc) is 2.79. The molecular weight excluding hydrogens is 502 g/mol. The number of aromatic amines is 1. The van der Waals surface area contributed by atoms with Crippen molar-refractivity contribution in [3.63, 3.8) is 0 Å². The summed E-state index contributed by atoms with van der Waals surface area (Å²) in [5, 5.41) is 21.9. The number of aryl methyl sites for hydroxylation is 1. The van der Waals surface area contributed by atoms with Gasteiger partial charge in [0.2, 0.25) is 0 Å². The summed E-state index contributed by atoms with van der Waals surface area (Å²) in [6.45, 7) is 3.62. The number of aromatic nitrogens is 1. The van der Waals surface area contributed by atoms with Crippen molar-refractivity contribution in [1.29, 1.82) is 10.5 Å². The van der Waals surface area contributed by atoms with E-state index in [0.717, 1.165) is 5.56 Å². The monoisotopic (exact) mass is 521 g/mol. The fourth-order valence-corrected chi connectivity index (χ4v) is 3.84. The Kier molecular flexibility index (Phi) is 7.57. The van der Waals surface area contributed by atoms with Crippen molar-refractivity contribution in [2.45, 2.75) is 13.8 Å². The third kappa shape index (κ3) is 5.03. The Morgan fingerprint density at radius 2 is 1.88 bits per heavy atom. The number of ether oxygens (including phenoxy) is 2. The number of nitrogens with one attached hydrogen (secondary N) is 2. The Labute approximate surface area is 203 Å². The van der Waals surface area contributed by atoms with Crippen LogP contribution in [0.15, 0.2) is 45.7 Å². The highest BCUT2D eigenvalue weighted by molar-refractivity contribution is 9.10. The molecule has 0 aliphatic rings. The second kappa shape index (κ2) is 10.6. The van der Waals surface area contributed by atoms with Gasteiger partial charge in [0.25, 0.3) is 11.5 Å². The standard InChI is InChI=1S/C24H20BrN5O4/c1-3-33-19-9-14(21-15(10-26)23(28)30-24(32)16(21)11-27)8-17(25)22(19)34-12-20(31)29-18-7-5-4-6-13(18)2/h4-9H,3,12H2,1-2H3,(H,29,31)(H3,28,30,32). The topological polar surface area (TPSA) is 154 Å². The Morgan fingerprint density at radius 1 is 1.18 bits per heavy atom. The molecule has 2 aromatic carbocycles. The van der Waals surface area contributed by atoms with Crippen molar-refractivity contribution in [2.75, 3.05) is 24.3 Å². The number of anilines is 2. The SMILES string of the molecule is CCOc1cc(-c2c(C#N)c(N)[nH]c(=O)c2C#N)cc(Br)c1OCC(=O)Nc1ccccc1C. The van der Waals surface area contributed by atoms with E-state index in [0.29, 0.717) is 15.7 Å². The first-order valence-electron chi connectivity index (χ1n) is 10.1. The molecular formula is C24H20BrN5O4. The third-order valence-electron chi connectivity index (χ3n) is 4.83. The molecule has 10 heteroatoms. The van der Waals surface area contributed by atoms with Crippen LogP contribution in [0.3, 0.4) is 0 Å². The van der Waals surface area contributed by atoms with Gasteiger partial charge < -0.3 is 25.5 Å². The average molecular weight is 522 g/mol. The lowest BCUT2D eigenvalue weighted by Gasteiger charge is -2.17. The zero-order valence-corrected chi connectivity index (χ0v) is 19.9. The number of nitriles is 2. The summed E-state index contributed by atoms with van der Waals surface area (Å²) in [5.74, 6) is -0.0139. The van der Waals surface area contributed by atoms with Gasteiger partial charge in [-0.3, -0.25) is 9.59 Å². The number of hydrogen-bond donors (Lipinski definition) is 3. The van der Waals surface area contributed by atoms with E-state index in [9.17, 15) is 20.1 Å². The summed E-state index contributed by atoms with van der Waals surface area (Å²) in [4.78, 5) is 27.0. The molecule has 34 heavy (non-hydrogen) atoms. The lowest BCUT2D eigenvalue weighted by atomic mass is 9.96. The van der Waals surface area contributed by atoms with Crippen LogP contribution < -0.4 is 26.1 Å². The van der Waals surface area contributed by atoms with E-state index >= 15 is 0 Å². The van der Waals surface area contributed by atoms with Gasteiger partial charge in [0.15, 0.2) is 18.1 Å². The molecule has 1 aromatic heterocycles. The van der Waals surface area contributed by atoms with Crippen LogP contribution in [0, 0.1) is 29.6 Å². The summed E-state index contributed by atoms with van der Waals surface area (Å²) in [6.07, 6.45) is 0. The number of carbonyl (C=O) groups excluding carboxylic acids is 1. The number of benzene rings is 2. The first kappa shape index (κ1) is 24.4. The number of para-hydroxylation sites is 1. The van der Waals surface area contributed by atoms with Crippen molar-refractivity contribution < 1.29 is 14.3 Å². The lowest BCUT2D eigenvalue weighted by Crippen LogP contribution is -2.21. The molecule has 1 amide bonds. The van der Waals surface area contributed by atoms with E-state index in [1.807, 2.05) is 37.3 Å². The number of hydrogen-bond acceptors (Lipinski definition) is 7. The minimum Gasteiger partial charge on any atom is -0.490 e. The summed E-state index contributed by atoms with van der Waals surface area (Å²) < 4.78 is 11.8. The number of carbonyl (C=O) groups is 1. The summed E-state index contributed by atoms with van der Waals surface area (Å²) >= 11 is 3.40. The van der Waals surface area contributed by atoms with Gasteiger partial charge in [-0.2, -0.15) is 10.5 Å². The number of rotatable bonds is 7. The first-order chi connectivity index (χ1) is 16.3. The van der Waals surface area contributed by atoms with E-state index in [4.69, 9.17) is 15.2 Å². The maximum absolute atomic E-state index is 12.4. The Hall–Kier alpha value is -4.28. The van der Waals surface area contributed by atoms with E-state index in [1.165, 1.54) is 6.07 Å². The number of nitrogen functional groups attached to an aromatic ring is 1. The fraction of sp³-hybridized carbons (Fsp3) is 0.167. The van der Waals surface area contributed by atoms with Crippen LogP contribution in [0.2, 0.25) is 0 Å². The number of nitrogens with zero attached hydrogens (tertiary/aromatic N) is 2. The molecule has 0 aliphatic heterocycles. The molecule has 0 spiro atoms. The summed E-state index contributed by atoms with van der Waals surface area (Å²) in [7, 11) is 0. The molecule has 9 nitrogen and oxygen atoms in total. The molecule has 3 rings (SSSR count). The highest BCUT2D eigenvalue weighted by Gasteiger charge is 2.22. The van der Waals surface area contributed by atoms with Crippen molar-refractivity contribution >= 4 is 33.3 Å². The highest BCUT2D eigenvalue weighted by atomic mass is 79.9. The number of pyridine rings is 1. The number of amides is 1. The first-order valence-corrected chi connectivity index (χ1v) is 10.9. The third-order valence-corrected chi connectivity index (χ3v) is 5.42. The zero-order valence-electron chi connectivity index (χ0n) is 18.4. The predicted molar refractivity (Wildman–Crippen MR) is 131 cm³/mol. The number of H-pyrrole nitrogens is 1. The lowest BCUT2D eigenvalue weighted by molar-refractivity contribution is -0.118. The van der Waals surface area contributed by atoms with Crippen LogP contribution in [0.5, 0.6) is 11.5 Å². The smallest absolute Gasteiger partial charge is 0.268 e. The van der Waals surface area contributed by atoms with Gasteiger partial charge in [-0.15, -0.1) is 0 Å². The van der Waals surface area contributed by atoms with Gasteiger partial charge in [0, 0.05) is 11.3 Å². The molecule has 0 bridgehead atoms. The molecule has 0 atom stereocenters. The van der Waals surface area contributed by atoms with Crippen LogP contribution in [0.4, 0.5) is 11.5 Å². The highest BCUT2D eigenvalue weighted by Crippen LogP contribution is 2.41. The van der Waals surface area contributed by atoms with Gasteiger partial charge in [-0.05, 0) is 59.1 Å². The Balaban J connectivity index is 1.99. The molecule has 0 unspecified atom stereocenters. The van der Waals surface area contributed by atoms with Crippen LogP contribution in [-0.4, -0.2) is 24.1 Å². The van der Waals surface area contributed by atoms with Crippen molar-refractivity contribution in [2.24, 2.45) is 0 Å². The molecule has 3 aromatic rings. The van der Waals surface area contributed by atoms with E-state index < -0.39 is 5.56 Å². The molecule has 1 heterocycles. The molecule has 172 valence electrons. The Morgan fingerprint density at radius 3 is 2.53 bits per heavy atom. The second-order valence-corrected chi connectivity index (χ2v) is 7.94. The molecule has 0 saturated carbocycles. The van der Waals surface area contributed by atoms with Crippen LogP contribution >= 0.6 is 15.9 Å². The molecule has 4 N–H and O–H groups in total. The molecule has 0 fully saturated rings. The van der Waals surface area contributed by atoms with Gasteiger partial charge >= 0.3 is 0 Å². The molecule has 0 aliphatic carbocycles. The maximum Gasteiger partial charge on any atom is 0.268 e. The van der Waals surface area contributed by atoms with E-state index in [2.05, 4.69) is 26.2 Å². The van der Waals surface area contributed by atoms with Gasteiger partial charge in [0.1, 0.15) is 29.1 Å². The quantitative estimate of drug-likeness (QED) is 0.426. The second-order valence-electron chi connectivity index (χ2n) is 7.09. The van der Waals surface area contributed by atoms with Crippen molar-refractivity contribution in [3.05, 3.63) is 67.9 Å². The minimum absolute atomic E-state index is 0.0447. The van der Waals surface area contributed by atoms with Crippen LogP contribution in [0.1, 0.15) is 23.6 Å². The summed E-state index contributed by atoms with van der Waals surface area (Å²) in [5.41, 5.74) is 6.81. The van der Waals surface area contributed by atoms with Gasteiger partial charge in [-0.25, -0.2) is 0 Å².